The van der Waals surface area contributed by atoms with Gasteiger partial charge in [0.25, 0.3) is 5.91 Å². The molecule has 1 unspecified atom stereocenters. The average Bonchev–Trinajstić information content (AvgIpc) is 3.02. The zero-order valence-corrected chi connectivity index (χ0v) is 12.1. The van der Waals surface area contributed by atoms with Gasteiger partial charge in [0.15, 0.2) is 0 Å². The molecule has 7 heteroatoms. The molecule has 1 heterocycles. The molecule has 1 atom stereocenters. The lowest BCUT2D eigenvalue weighted by atomic mass is 10.2. The molecule has 0 spiro atoms. The van der Waals surface area contributed by atoms with E-state index < -0.39 is 17.8 Å². The number of carbonyl (C=O) groups excluding carboxylic acids is 2. The molecule has 6 nitrogen and oxygen atoms in total. The van der Waals surface area contributed by atoms with Crippen molar-refractivity contribution in [3.05, 3.63) is 48.5 Å². The number of benzene rings is 1. The Hall–Kier alpha value is -2.70. The highest BCUT2D eigenvalue weighted by Crippen LogP contribution is 2.19. The molecule has 0 aliphatic rings. The number of halogens is 1. The van der Waals surface area contributed by atoms with Crippen molar-refractivity contribution in [3.63, 3.8) is 0 Å². The van der Waals surface area contributed by atoms with Crippen LogP contribution in [0.5, 0.6) is 0 Å². The van der Waals surface area contributed by atoms with Crippen molar-refractivity contribution in [2.45, 2.75) is 19.4 Å². The fraction of sp³-hybridized carbons (Fsp3) is 0.267. The highest BCUT2D eigenvalue weighted by atomic mass is 19.1. The Morgan fingerprint density at radius 1 is 1.36 bits per heavy atom. The Balaban J connectivity index is 2.24. The summed E-state index contributed by atoms with van der Waals surface area (Å²) in [5, 5.41) is 4.04. The number of hydrogen-bond donors (Lipinski definition) is 1. The summed E-state index contributed by atoms with van der Waals surface area (Å²) < 4.78 is 14.6. The lowest BCUT2D eigenvalue weighted by Gasteiger charge is -2.25. The van der Waals surface area contributed by atoms with E-state index >= 15 is 0 Å². The van der Waals surface area contributed by atoms with E-state index in [2.05, 4.69) is 5.10 Å². The second kappa shape index (κ2) is 6.84. The van der Waals surface area contributed by atoms with Crippen LogP contribution in [0.25, 0.3) is 0 Å². The number of rotatable bonds is 6. The Kier molecular flexibility index (Phi) is 4.88. The standard InChI is InChI=1S/C15H17FN4O2/c1-11(20-9-2-8-18-20)15(22)19(10-7-14(17)21)13-5-3-12(16)4-6-13/h2-6,8-9,11H,7,10H2,1H3,(H2,17,21). The molecule has 0 radical (unpaired) electrons. The van der Waals surface area contributed by atoms with E-state index in [1.54, 1.807) is 25.4 Å². The lowest BCUT2D eigenvalue weighted by molar-refractivity contribution is -0.121. The van der Waals surface area contributed by atoms with E-state index in [0.717, 1.165) is 0 Å². The number of carbonyl (C=O) groups is 2. The van der Waals surface area contributed by atoms with Crippen LogP contribution in [0.3, 0.4) is 0 Å². The van der Waals surface area contributed by atoms with Gasteiger partial charge in [-0.15, -0.1) is 0 Å². The monoisotopic (exact) mass is 304 g/mol. The number of nitrogens with two attached hydrogens (primary N) is 1. The van der Waals surface area contributed by atoms with Gasteiger partial charge in [-0.2, -0.15) is 5.10 Å². The first-order valence-electron chi connectivity index (χ1n) is 6.83. The maximum absolute atomic E-state index is 13.1. The molecule has 0 fully saturated rings. The van der Waals surface area contributed by atoms with Crippen molar-refractivity contribution in [2.24, 2.45) is 5.73 Å². The third-order valence-corrected chi connectivity index (χ3v) is 3.27. The molecule has 2 amide bonds. The molecule has 0 saturated carbocycles. The van der Waals surface area contributed by atoms with E-state index in [1.165, 1.54) is 33.8 Å². The Labute approximate surface area is 127 Å². The number of nitrogens with zero attached hydrogens (tertiary/aromatic N) is 3. The summed E-state index contributed by atoms with van der Waals surface area (Å²) in [4.78, 5) is 25.1. The summed E-state index contributed by atoms with van der Waals surface area (Å²) in [6, 6.07) is 6.67. The maximum Gasteiger partial charge on any atom is 0.251 e. The molecule has 116 valence electrons. The third-order valence-electron chi connectivity index (χ3n) is 3.27. The first-order chi connectivity index (χ1) is 10.5. The normalized spacial score (nSPS) is 11.9. The highest BCUT2D eigenvalue weighted by molar-refractivity contribution is 5.96. The minimum Gasteiger partial charge on any atom is -0.370 e. The number of amides is 2. The first kappa shape index (κ1) is 15.7. The average molecular weight is 304 g/mol. The van der Waals surface area contributed by atoms with Crippen LogP contribution in [0.1, 0.15) is 19.4 Å². The third kappa shape index (κ3) is 3.69. The van der Waals surface area contributed by atoms with Gasteiger partial charge in [-0.25, -0.2) is 4.39 Å². The maximum atomic E-state index is 13.1. The quantitative estimate of drug-likeness (QED) is 0.878. The molecule has 2 N–H and O–H groups in total. The summed E-state index contributed by atoms with van der Waals surface area (Å²) in [7, 11) is 0. The SMILES string of the molecule is CC(C(=O)N(CCC(N)=O)c1ccc(F)cc1)n1cccn1. The van der Waals surface area contributed by atoms with Gasteiger partial charge in [0.2, 0.25) is 5.91 Å². The van der Waals surface area contributed by atoms with E-state index in [4.69, 9.17) is 5.73 Å². The largest absolute Gasteiger partial charge is 0.370 e. The van der Waals surface area contributed by atoms with E-state index in [1.807, 2.05) is 0 Å². The van der Waals surface area contributed by atoms with E-state index in [9.17, 15) is 14.0 Å². The van der Waals surface area contributed by atoms with Crippen LogP contribution in [0.4, 0.5) is 10.1 Å². The van der Waals surface area contributed by atoms with Crippen molar-refractivity contribution in [1.82, 2.24) is 9.78 Å². The summed E-state index contributed by atoms with van der Waals surface area (Å²) in [5.74, 6) is -1.16. The molecular formula is C15H17FN4O2. The van der Waals surface area contributed by atoms with Crippen LogP contribution in [0.15, 0.2) is 42.7 Å². The van der Waals surface area contributed by atoms with Crippen molar-refractivity contribution < 1.29 is 14.0 Å². The number of anilines is 1. The zero-order chi connectivity index (χ0) is 16.1. The second-order valence-electron chi connectivity index (χ2n) is 4.84. The molecule has 2 aromatic rings. The molecule has 0 aliphatic carbocycles. The first-order valence-corrected chi connectivity index (χ1v) is 6.83. The Morgan fingerprint density at radius 2 is 2.05 bits per heavy atom. The van der Waals surface area contributed by atoms with Gasteiger partial charge in [-0.1, -0.05) is 0 Å². The van der Waals surface area contributed by atoms with Crippen LogP contribution in [0.2, 0.25) is 0 Å². The molecule has 0 aliphatic heterocycles. The smallest absolute Gasteiger partial charge is 0.251 e. The lowest BCUT2D eigenvalue weighted by Crippen LogP contribution is -2.38. The summed E-state index contributed by atoms with van der Waals surface area (Å²) >= 11 is 0. The molecule has 1 aromatic heterocycles. The topological polar surface area (TPSA) is 81.2 Å². The van der Waals surface area contributed by atoms with E-state index in [-0.39, 0.29) is 18.9 Å². The van der Waals surface area contributed by atoms with Crippen LogP contribution in [0, 0.1) is 5.82 Å². The molecule has 1 aromatic carbocycles. The molecular weight excluding hydrogens is 287 g/mol. The second-order valence-corrected chi connectivity index (χ2v) is 4.84. The Bertz CT molecular complexity index is 640. The van der Waals surface area contributed by atoms with Crippen LogP contribution < -0.4 is 10.6 Å². The minimum absolute atomic E-state index is 0.0228. The van der Waals surface area contributed by atoms with Gasteiger partial charge in [-0.3, -0.25) is 14.3 Å². The van der Waals surface area contributed by atoms with Crippen molar-refractivity contribution in [1.29, 1.82) is 0 Å². The predicted octanol–water partition coefficient (Wildman–Crippen LogP) is 1.49. The van der Waals surface area contributed by atoms with Gasteiger partial charge >= 0.3 is 0 Å². The van der Waals surface area contributed by atoms with Crippen molar-refractivity contribution in [2.75, 3.05) is 11.4 Å². The van der Waals surface area contributed by atoms with Crippen molar-refractivity contribution in [3.8, 4) is 0 Å². The summed E-state index contributed by atoms with van der Waals surface area (Å²) in [5.41, 5.74) is 5.67. The fourth-order valence-electron chi connectivity index (χ4n) is 2.06. The summed E-state index contributed by atoms with van der Waals surface area (Å²) in [6.07, 6.45) is 3.28. The van der Waals surface area contributed by atoms with Gasteiger partial charge in [0.1, 0.15) is 11.9 Å². The van der Waals surface area contributed by atoms with E-state index in [0.29, 0.717) is 5.69 Å². The van der Waals surface area contributed by atoms with Crippen LogP contribution in [-0.4, -0.2) is 28.1 Å². The fourth-order valence-corrected chi connectivity index (χ4v) is 2.06. The van der Waals surface area contributed by atoms with Gasteiger partial charge in [0.05, 0.1) is 0 Å². The summed E-state index contributed by atoms with van der Waals surface area (Å²) in [6.45, 7) is 1.83. The minimum atomic E-state index is -0.548. The molecule has 0 bridgehead atoms. The highest BCUT2D eigenvalue weighted by Gasteiger charge is 2.23. The van der Waals surface area contributed by atoms with Crippen LogP contribution >= 0.6 is 0 Å². The van der Waals surface area contributed by atoms with Gasteiger partial charge < -0.3 is 10.6 Å². The molecule has 22 heavy (non-hydrogen) atoms. The number of primary amides is 1. The van der Waals surface area contributed by atoms with Gasteiger partial charge in [-0.05, 0) is 37.3 Å². The molecule has 2 rings (SSSR count). The predicted molar refractivity (Wildman–Crippen MR) is 79.5 cm³/mol. The molecule has 0 saturated heterocycles. The van der Waals surface area contributed by atoms with Crippen LogP contribution in [-0.2, 0) is 9.59 Å². The van der Waals surface area contributed by atoms with Crippen molar-refractivity contribution >= 4 is 17.5 Å². The zero-order valence-electron chi connectivity index (χ0n) is 12.1. The number of hydrogen-bond acceptors (Lipinski definition) is 3. The number of aromatic nitrogens is 2. The van der Waals surface area contributed by atoms with Gasteiger partial charge in [0, 0.05) is 31.0 Å². The Morgan fingerprint density at radius 3 is 2.59 bits per heavy atom.